The maximum Gasteiger partial charge on any atom is 0.279 e. The Hall–Kier alpha value is -0.170. The number of nitrogens with zero attached hydrogens (tertiary/aromatic N) is 1. The lowest BCUT2D eigenvalue weighted by Crippen LogP contribution is -2.43. The molecule has 0 atom stereocenters. The van der Waals surface area contributed by atoms with Gasteiger partial charge in [-0.2, -0.15) is 12.7 Å². The Morgan fingerprint density at radius 3 is 2.40 bits per heavy atom. The molecule has 1 aliphatic heterocycles. The van der Waals surface area contributed by atoms with Crippen molar-refractivity contribution in [1.82, 2.24) is 14.3 Å². The second-order valence-electron chi connectivity index (χ2n) is 3.82. The molecule has 0 aromatic carbocycles. The molecule has 2 N–H and O–H groups in total. The van der Waals surface area contributed by atoms with Crippen molar-refractivity contribution in [2.45, 2.75) is 25.7 Å². The SMILES string of the molecule is CNCCCNS(=O)(=O)N1CCCCC1. The molecule has 0 saturated carbocycles. The molecule has 0 aromatic heterocycles. The summed E-state index contributed by atoms with van der Waals surface area (Å²) in [6, 6.07) is 0. The first-order valence-corrected chi connectivity index (χ1v) is 7.00. The minimum Gasteiger partial charge on any atom is -0.320 e. The summed E-state index contributed by atoms with van der Waals surface area (Å²) in [7, 11) is -1.35. The molecule has 6 heteroatoms. The molecule has 0 aromatic rings. The van der Waals surface area contributed by atoms with Crippen molar-refractivity contribution < 1.29 is 8.42 Å². The van der Waals surface area contributed by atoms with E-state index < -0.39 is 10.2 Å². The van der Waals surface area contributed by atoms with Gasteiger partial charge in [0.25, 0.3) is 10.2 Å². The third-order valence-corrected chi connectivity index (χ3v) is 4.16. The van der Waals surface area contributed by atoms with Gasteiger partial charge in [-0.3, -0.25) is 0 Å². The van der Waals surface area contributed by atoms with Crippen LogP contribution in [0.4, 0.5) is 0 Å². The fraction of sp³-hybridized carbons (Fsp3) is 1.00. The molecule has 1 rings (SSSR count). The van der Waals surface area contributed by atoms with E-state index in [1.165, 1.54) is 0 Å². The molecule has 5 nitrogen and oxygen atoms in total. The lowest BCUT2D eigenvalue weighted by molar-refractivity contribution is 0.341. The molecular formula is C9H21N3O2S. The summed E-state index contributed by atoms with van der Waals surface area (Å²) in [6.07, 6.45) is 3.93. The van der Waals surface area contributed by atoms with Gasteiger partial charge >= 0.3 is 0 Å². The molecular weight excluding hydrogens is 214 g/mol. The number of piperidine rings is 1. The van der Waals surface area contributed by atoms with Crippen LogP contribution in [0.3, 0.4) is 0 Å². The number of nitrogens with one attached hydrogen (secondary N) is 2. The van der Waals surface area contributed by atoms with Gasteiger partial charge in [-0.05, 0) is 32.9 Å². The van der Waals surface area contributed by atoms with Crippen molar-refractivity contribution in [3.63, 3.8) is 0 Å². The largest absolute Gasteiger partial charge is 0.320 e. The predicted molar refractivity (Wildman–Crippen MR) is 60.9 cm³/mol. The molecule has 0 radical (unpaired) electrons. The summed E-state index contributed by atoms with van der Waals surface area (Å²) in [6.45, 7) is 2.69. The van der Waals surface area contributed by atoms with Crippen LogP contribution in [0.5, 0.6) is 0 Å². The van der Waals surface area contributed by atoms with Gasteiger partial charge in [-0.25, -0.2) is 4.72 Å². The van der Waals surface area contributed by atoms with E-state index in [0.29, 0.717) is 19.6 Å². The van der Waals surface area contributed by atoms with Crippen LogP contribution in [0.1, 0.15) is 25.7 Å². The predicted octanol–water partition coefficient (Wildman–Crippen LogP) is -0.0838. The Labute approximate surface area is 92.4 Å². The number of rotatable bonds is 6. The van der Waals surface area contributed by atoms with Crippen molar-refractivity contribution in [2.24, 2.45) is 0 Å². The summed E-state index contributed by atoms with van der Waals surface area (Å²) in [5, 5.41) is 2.99. The van der Waals surface area contributed by atoms with Crippen LogP contribution in [0.25, 0.3) is 0 Å². The maximum absolute atomic E-state index is 11.7. The van der Waals surface area contributed by atoms with Gasteiger partial charge < -0.3 is 5.32 Å². The minimum absolute atomic E-state index is 0.514. The molecule has 0 unspecified atom stereocenters. The Morgan fingerprint density at radius 1 is 1.13 bits per heavy atom. The van der Waals surface area contributed by atoms with Crippen LogP contribution in [0.15, 0.2) is 0 Å². The molecule has 0 bridgehead atoms. The Morgan fingerprint density at radius 2 is 1.80 bits per heavy atom. The first-order chi connectivity index (χ1) is 7.17. The van der Waals surface area contributed by atoms with Gasteiger partial charge in [-0.1, -0.05) is 6.42 Å². The van der Waals surface area contributed by atoms with Crippen molar-refractivity contribution in [2.75, 3.05) is 33.2 Å². The Bertz CT molecular complexity index is 261. The van der Waals surface area contributed by atoms with Gasteiger partial charge in [0.1, 0.15) is 0 Å². The van der Waals surface area contributed by atoms with E-state index in [9.17, 15) is 8.42 Å². The molecule has 0 spiro atoms. The van der Waals surface area contributed by atoms with Crippen LogP contribution >= 0.6 is 0 Å². The van der Waals surface area contributed by atoms with E-state index in [1.807, 2.05) is 7.05 Å². The van der Waals surface area contributed by atoms with Crippen molar-refractivity contribution in [3.8, 4) is 0 Å². The van der Waals surface area contributed by atoms with Crippen molar-refractivity contribution >= 4 is 10.2 Å². The zero-order valence-corrected chi connectivity index (χ0v) is 10.1. The number of hydrogen-bond acceptors (Lipinski definition) is 3. The Balaban J connectivity index is 2.30. The van der Waals surface area contributed by atoms with Crippen LogP contribution in [-0.2, 0) is 10.2 Å². The molecule has 0 amide bonds. The fourth-order valence-electron chi connectivity index (χ4n) is 1.66. The van der Waals surface area contributed by atoms with Gasteiger partial charge in [0, 0.05) is 19.6 Å². The van der Waals surface area contributed by atoms with Crippen LogP contribution in [0.2, 0.25) is 0 Å². The smallest absolute Gasteiger partial charge is 0.279 e. The van der Waals surface area contributed by atoms with Crippen LogP contribution < -0.4 is 10.0 Å². The first kappa shape index (κ1) is 12.9. The summed E-state index contributed by atoms with van der Waals surface area (Å²) >= 11 is 0. The normalized spacial score (nSPS) is 19.3. The Kier molecular flexibility index (Phi) is 5.52. The average Bonchev–Trinajstić information content (AvgIpc) is 2.26. The van der Waals surface area contributed by atoms with E-state index in [0.717, 1.165) is 32.2 Å². The summed E-state index contributed by atoms with van der Waals surface area (Å²) in [5.74, 6) is 0. The van der Waals surface area contributed by atoms with Crippen molar-refractivity contribution in [3.05, 3.63) is 0 Å². The lowest BCUT2D eigenvalue weighted by Gasteiger charge is -2.25. The third-order valence-electron chi connectivity index (χ3n) is 2.54. The standard InChI is InChI=1S/C9H21N3O2S/c1-10-6-5-7-11-15(13,14)12-8-3-2-4-9-12/h10-11H,2-9H2,1H3. The molecule has 15 heavy (non-hydrogen) atoms. The highest BCUT2D eigenvalue weighted by atomic mass is 32.2. The maximum atomic E-state index is 11.7. The molecule has 1 aliphatic rings. The third kappa shape index (κ3) is 4.46. The molecule has 1 fully saturated rings. The second kappa shape index (κ2) is 6.42. The van der Waals surface area contributed by atoms with E-state index in [2.05, 4.69) is 10.0 Å². The van der Waals surface area contributed by atoms with E-state index in [1.54, 1.807) is 4.31 Å². The zero-order chi connectivity index (χ0) is 11.1. The number of hydrogen-bond donors (Lipinski definition) is 2. The highest BCUT2D eigenvalue weighted by Crippen LogP contribution is 2.11. The molecule has 90 valence electrons. The first-order valence-electron chi connectivity index (χ1n) is 5.56. The van der Waals surface area contributed by atoms with Gasteiger partial charge in [0.2, 0.25) is 0 Å². The lowest BCUT2D eigenvalue weighted by atomic mass is 10.2. The second-order valence-corrected chi connectivity index (χ2v) is 5.57. The average molecular weight is 235 g/mol. The molecule has 1 saturated heterocycles. The van der Waals surface area contributed by atoms with Crippen LogP contribution in [-0.4, -0.2) is 45.9 Å². The zero-order valence-electron chi connectivity index (χ0n) is 9.33. The quantitative estimate of drug-likeness (QED) is 0.633. The monoisotopic (exact) mass is 235 g/mol. The van der Waals surface area contributed by atoms with Crippen molar-refractivity contribution in [1.29, 1.82) is 0 Å². The van der Waals surface area contributed by atoms with E-state index >= 15 is 0 Å². The van der Waals surface area contributed by atoms with E-state index in [-0.39, 0.29) is 0 Å². The molecule has 1 heterocycles. The van der Waals surface area contributed by atoms with Gasteiger partial charge in [-0.15, -0.1) is 0 Å². The topological polar surface area (TPSA) is 61.4 Å². The highest BCUT2D eigenvalue weighted by molar-refractivity contribution is 7.87. The van der Waals surface area contributed by atoms with Gasteiger partial charge in [0.05, 0.1) is 0 Å². The fourth-order valence-corrected chi connectivity index (χ4v) is 2.99. The summed E-state index contributed by atoms with van der Waals surface area (Å²) < 4.78 is 27.7. The van der Waals surface area contributed by atoms with Gasteiger partial charge in [0.15, 0.2) is 0 Å². The van der Waals surface area contributed by atoms with E-state index in [4.69, 9.17) is 0 Å². The summed E-state index contributed by atoms with van der Waals surface area (Å²) in [5.41, 5.74) is 0. The highest BCUT2D eigenvalue weighted by Gasteiger charge is 2.22. The van der Waals surface area contributed by atoms with Crippen LogP contribution in [0, 0.1) is 0 Å². The molecule has 0 aliphatic carbocycles. The minimum atomic E-state index is -3.21. The summed E-state index contributed by atoms with van der Waals surface area (Å²) in [4.78, 5) is 0.